The zero-order chi connectivity index (χ0) is 15.2. The molecule has 0 spiro atoms. The molecular weight excluding hydrogens is 276 g/mol. The van der Waals surface area contributed by atoms with E-state index in [1.807, 2.05) is 0 Å². The molecule has 2 N–H and O–H groups in total. The van der Waals surface area contributed by atoms with Crippen molar-refractivity contribution >= 4 is 5.69 Å². The fraction of sp³-hybridized carbons (Fsp3) is 0.500. The first-order valence-corrected chi connectivity index (χ1v) is 6.94. The molecule has 7 heteroatoms. The Bertz CT molecular complexity index is 676. The van der Waals surface area contributed by atoms with Crippen molar-refractivity contribution in [1.29, 1.82) is 0 Å². The monoisotopic (exact) mass is 293 g/mol. The molecule has 3 rings (SSSR count). The number of nitrogen functional groups attached to an aromatic ring is 1. The minimum Gasteiger partial charge on any atom is -0.396 e. The fourth-order valence-corrected chi connectivity index (χ4v) is 2.62. The molecule has 0 bridgehead atoms. The molecule has 112 valence electrons. The van der Waals surface area contributed by atoms with Crippen LogP contribution in [0.5, 0.6) is 0 Å². The number of halogens is 2. The highest BCUT2D eigenvalue weighted by atomic mass is 19.1. The van der Waals surface area contributed by atoms with Crippen LogP contribution < -0.4 is 5.73 Å². The Kier molecular flexibility index (Phi) is 3.15. The average molecular weight is 293 g/mol. The number of benzene rings is 1. The van der Waals surface area contributed by atoms with Crippen LogP contribution in [0, 0.1) is 23.0 Å². The minimum absolute atomic E-state index is 0.119. The Hall–Kier alpha value is -2.05. The van der Waals surface area contributed by atoms with Gasteiger partial charge in [0.15, 0.2) is 5.82 Å². The zero-order valence-electron chi connectivity index (χ0n) is 12.0. The van der Waals surface area contributed by atoms with Crippen molar-refractivity contribution in [3.05, 3.63) is 23.8 Å². The predicted octanol–water partition coefficient (Wildman–Crippen LogP) is 2.64. The summed E-state index contributed by atoms with van der Waals surface area (Å²) in [6.07, 6.45) is 2.22. The molecule has 1 aliphatic carbocycles. The van der Waals surface area contributed by atoms with Gasteiger partial charge in [-0.25, -0.2) is 13.5 Å². The second kappa shape index (κ2) is 4.75. The molecule has 0 atom stereocenters. The smallest absolute Gasteiger partial charge is 0.185 e. The Labute approximate surface area is 121 Å². The summed E-state index contributed by atoms with van der Waals surface area (Å²) in [4.78, 5) is 0. The zero-order valence-corrected chi connectivity index (χ0v) is 12.0. The van der Waals surface area contributed by atoms with Crippen molar-refractivity contribution in [2.45, 2.75) is 33.2 Å². The van der Waals surface area contributed by atoms with Crippen molar-refractivity contribution in [2.24, 2.45) is 11.3 Å². The average Bonchev–Trinajstić information content (AvgIpc) is 3.06. The van der Waals surface area contributed by atoms with Crippen LogP contribution in [-0.4, -0.2) is 20.2 Å². The number of nitrogens with zero attached hydrogens (tertiary/aromatic N) is 4. The molecule has 0 radical (unpaired) electrons. The molecule has 1 fully saturated rings. The van der Waals surface area contributed by atoms with E-state index < -0.39 is 11.6 Å². The highest BCUT2D eigenvalue weighted by Crippen LogP contribution is 2.53. The molecule has 2 aromatic rings. The molecule has 1 aliphatic rings. The third kappa shape index (κ3) is 2.36. The molecule has 1 aromatic carbocycles. The molecule has 1 saturated carbocycles. The van der Waals surface area contributed by atoms with Gasteiger partial charge in [-0.2, -0.15) is 0 Å². The quantitative estimate of drug-likeness (QED) is 0.880. The van der Waals surface area contributed by atoms with Crippen molar-refractivity contribution < 1.29 is 8.78 Å². The van der Waals surface area contributed by atoms with Gasteiger partial charge in [0, 0.05) is 6.07 Å². The van der Waals surface area contributed by atoms with E-state index in [-0.39, 0.29) is 22.5 Å². The third-order valence-electron chi connectivity index (χ3n) is 4.44. The van der Waals surface area contributed by atoms with Crippen LogP contribution in [0.15, 0.2) is 12.1 Å². The maximum Gasteiger partial charge on any atom is 0.185 e. The summed E-state index contributed by atoms with van der Waals surface area (Å²) in [5.41, 5.74) is 5.69. The van der Waals surface area contributed by atoms with Crippen molar-refractivity contribution in [3.63, 3.8) is 0 Å². The summed E-state index contributed by atoms with van der Waals surface area (Å²) in [6, 6.07) is 2.00. The van der Waals surface area contributed by atoms with E-state index in [4.69, 9.17) is 5.73 Å². The number of nitrogens with two attached hydrogens (primary N) is 1. The Morgan fingerprint density at radius 1 is 1.29 bits per heavy atom. The molecule has 1 aromatic heterocycles. The molecular formula is C14H17F2N5. The largest absolute Gasteiger partial charge is 0.396 e. The lowest BCUT2D eigenvalue weighted by Crippen LogP contribution is -2.19. The third-order valence-corrected chi connectivity index (χ3v) is 4.44. The fourth-order valence-electron chi connectivity index (χ4n) is 2.62. The predicted molar refractivity (Wildman–Crippen MR) is 74.1 cm³/mol. The normalized spacial score (nSPS) is 16.4. The van der Waals surface area contributed by atoms with E-state index in [1.165, 1.54) is 6.07 Å². The maximum atomic E-state index is 14.0. The standard InChI is InChI=1S/C14H17F2N5/c1-8(2)14(3-4-14)7-21-13(18-19-20-21)9-5-12(17)11(16)6-10(9)15/h5-6,8H,3-4,7,17H2,1-2H3. The van der Waals surface area contributed by atoms with Crippen LogP contribution in [-0.2, 0) is 6.54 Å². The SMILES string of the molecule is CC(C)C1(Cn2nnnc2-c2cc(N)c(F)cc2F)CC1. The van der Waals surface area contributed by atoms with Gasteiger partial charge in [0.2, 0.25) is 0 Å². The lowest BCUT2D eigenvalue weighted by atomic mass is 9.92. The first-order chi connectivity index (χ1) is 9.93. The molecule has 1 heterocycles. The van der Waals surface area contributed by atoms with Gasteiger partial charge in [-0.15, -0.1) is 5.10 Å². The van der Waals surface area contributed by atoms with Crippen LogP contribution in [0.3, 0.4) is 0 Å². The number of aromatic nitrogens is 4. The summed E-state index contributed by atoms with van der Waals surface area (Å²) < 4.78 is 28.8. The van der Waals surface area contributed by atoms with Crippen LogP contribution in [0.4, 0.5) is 14.5 Å². The second-order valence-corrected chi connectivity index (χ2v) is 6.03. The molecule has 21 heavy (non-hydrogen) atoms. The Morgan fingerprint density at radius 2 is 2.00 bits per heavy atom. The number of hydrogen-bond donors (Lipinski definition) is 1. The Balaban J connectivity index is 1.98. The second-order valence-electron chi connectivity index (χ2n) is 6.03. The summed E-state index contributed by atoms with van der Waals surface area (Å²) in [7, 11) is 0. The van der Waals surface area contributed by atoms with Gasteiger partial charge in [0.25, 0.3) is 0 Å². The van der Waals surface area contributed by atoms with E-state index in [1.54, 1.807) is 4.68 Å². The van der Waals surface area contributed by atoms with Crippen LogP contribution >= 0.6 is 0 Å². The Morgan fingerprint density at radius 3 is 2.62 bits per heavy atom. The van der Waals surface area contributed by atoms with Gasteiger partial charge >= 0.3 is 0 Å². The van der Waals surface area contributed by atoms with Gasteiger partial charge in [-0.05, 0) is 40.7 Å². The molecule has 0 aliphatic heterocycles. The van der Waals surface area contributed by atoms with Gasteiger partial charge in [-0.1, -0.05) is 13.8 Å². The van der Waals surface area contributed by atoms with E-state index >= 15 is 0 Å². The van der Waals surface area contributed by atoms with Crippen molar-refractivity contribution in [3.8, 4) is 11.4 Å². The lowest BCUT2D eigenvalue weighted by molar-refractivity contribution is 0.294. The van der Waals surface area contributed by atoms with Gasteiger partial charge in [-0.3, -0.25) is 0 Å². The number of hydrogen-bond acceptors (Lipinski definition) is 4. The van der Waals surface area contributed by atoms with Gasteiger partial charge < -0.3 is 5.73 Å². The summed E-state index contributed by atoms with van der Waals surface area (Å²) in [5, 5.41) is 11.4. The van der Waals surface area contributed by atoms with E-state index in [0.29, 0.717) is 12.5 Å². The number of tetrazole rings is 1. The first-order valence-electron chi connectivity index (χ1n) is 6.94. The van der Waals surface area contributed by atoms with E-state index in [9.17, 15) is 8.78 Å². The summed E-state index contributed by atoms with van der Waals surface area (Å²) in [5.74, 6) is -0.716. The van der Waals surface area contributed by atoms with E-state index in [0.717, 1.165) is 18.9 Å². The minimum atomic E-state index is -0.781. The first kappa shape index (κ1) is 13.9. The maximum absolute atomic E-state index is 14.0. The highest BCUT2D eigenvalue weighted by molar-refractivity contribution is 5.62. The molecule has 0 saturated heterocycles. The lowest BCUT2D eigenvalue weighted by Gasteiger charge is -2.19. The van der Waals surface area contributed by atoms with Crippen molar-refractivity contribution in [2.75, 3.05) is 5.73 Å². The van der Waals surface area contributed by atoms with Crippen LogP contribution in [0.2, 0.25) is 0 Å². The highest BCUT2D eigenvalue weighted by Gasteiger charge is 2.46. The van der Waals surface area contributed by atoms with Gasteiger partial charge in [0.1, 0.15) is 11.6 Å². The van der Waals surface area contributed by atoms with Crippen molar-refractivity contribution in [1.82, 2.24) is 20.2 Å². The van der Waals surface area contributed by atoms with Crippen LogP contribution in [0.25, 0.3) is 11.4 Å². The topological polar surface area (TPSA) is 69.6 Å². The summed E-state index contributed by atoms with van der Waals surface area (Å²) >= 11 is 0. The number of anilines is 1. The molecule has 0 amide bonds. The molecule has 5 nitrogen and oxygen atoms in total. The number of rotatable bonds is 4. The van der Waals surface area contributed by atoms with Gasteiger partial charge in [0.05, 0.1) is 17.8 Å². The molecule has 0 unspecified atom stereocenters. The van der Waals surface area contributed by atoms with Crippen LogP contribution in [0.1, 0.15) is 26.7 Å². The summed E-state index contributed by atoms with van der Waals surface area (Å²) in [6.45, 7) is 4.95. The van der Waals surface area contributed by atoms with E-state index in [2.05, 4.69) is 29.4 Å².